The van der Waals surface area contributed by atoms with E-state index in [1.807, 2.05) is 19.1 Å². The van der Waals surface area contributed by atoms with Crippen LogP contribution in [-0.2, 0) is 0 Å². The Morgan fingerprint density at radius 2 is 1.93 bits per heavy atom. The summed E-state index contributed by atoms with van der Waals surface area (Å²) in [5.41, 5.74) is 2.28. The van der Waals surface area contributed by atoms with E-state index in [9.17, 15) is 0 Å². The van der Waals surface area contributed by atoms with Crippen molar-refractivity contribution in [2.45, 2.75) is 40.2 Å². The number of anilines is 1. The average Bonchev–Trinajstić information content (AvgIpc) is 2.11. The summed E-state index contributed by atoms with van der Waals surface area (Å²) in [7, 11) is 0. The zero-order valence-corrected chi connectivity index (χ0v) is 10.7. The molecular weight excluding hydrogens is 206 g/mol. The molecule has 1 nitrogen and oxygen atoms in total. The Hall–Kier alpha value is -0.690. The molecule has 2 heteroatoms. The summed E-state index contributed by atoms with van der Waals surface area (Å²) in [6.45, 7) is 8.74. The first-order valence-electron chi connectivity index (χ1n) is 5.52. The lowest BCUT2D eigenvalue weighted by molar-refractivity contribution is 0.539. The van der Waals surface area contributed by atoms with Crippen molar-refractivity contribution in [3.8, 4) is 0 Å². The molecule has 0 spiro atoms. The highest BCUT2D eigenvalue weighted by molar-refractivity contribution is 6.31. The molecular formula is C13H20ClN. The maximum absolute atomic E-state index is 6.06. The van der Waals surface area contributed by atoms with Gasteiger partial charge in [-0.25, -0.2) is 0 Å². The van der Waals surface area contributed by atoms with E-state index in [-0.39, 0.29) is 0 Å². The lowest BCUT2D eigenvalue weighted by atomic mass is 10.0. The van der Waals surface area contributed by atoms with Gasteiger partial charge in [0.05, 0.1) is 0 Å². The van der Waals surface area contributed by atoms with Crippen molar-refractivity contribution in [3.63, 3.8) is 0 Å². The number of hydrogen-bond acceptors (Lipinski definition) is 1. The van der Waals surface area contributed by atoms with Crippen molar-refractivity contribution >= 4 is 17.3 Å². The minimum atomic E-state index is 0.488. The van der Waals surface area contributed by atoms with Crippen LogP contribution in [0.5, 0.6) is 0 Å². The lowest BCUT2D eigenvalue weighted by Gasteiger charge is -2.19. The number of nitrogens with one attached hydrogen (secondary N) is 1. The topological polar surface area (TPSA) is 12.0 Å². The van der Waals surface area contributed by atoms with E-state index >= 15 is 0 Å². The molecule has 0 heterocycles. The lowest BCUT2D eigenvalue weighted by Crippen LogP contribution is -2.18. The minimum absolute atomic E-state index is 0.488. The molecule has 1 atom stereocenters. The van der Waals surface area contributed by atoms with Crippen LogP contribution in [-0.4, -0.2) is 6.04 Å². The van der Waals surface area contributed by atoms with Crippen molar-refractivity contribution < 1.29 is 0 Å². The molecule has 0 aliphatic carbocycles. The van der Waals surface area contributed by atoms with Gasteiger partial charge >= 0.3 is 0 Å². The van der Waals surface area contributed by atoms with Crippen molar-refractivity contribution in [3.05, 3.63) is 28.8 Å². The van der Waals surface area contributed by atoms with Crippen LogP contribution in [0.1, 0.15) is 32.8 Å². The van der Waals surface area contributed by atoms with E-state index in [1.54, 1.807) is 0 Å². The molecule has 0 radical (unpaired) electrons. The van der Waals surface area contributed by atoms with Gasteiger partial charge in [0.2, 0.25) is 0 Å². The van der Waals surface area contributed by atoms with Gasteiger partial charge in [0, 0.05) is 16.8 Å². The first-order valence-corrected chi connectivity index (χ1v) is 5.90. The van der Waals surface area contributed by atoms with Gasteiger partial charge in [-0.15, -0.1) is 0 Å². The molecule has 0 aliphatic heterocycles. The highest BCUT2D eigenvalue weighted by Gasteiger charge is 2.07. The molecule has 0 saturated heterocycles. The van der Waals surface area contributed by atoms with Crippen LogP contribution in [0, 0.1) is 12.8 Å². The second-order valence-corrected chi connectivity index (χ2v) is 4.99. The molecule has 0 bridgehead atoms. The molecule has 0 saturated carbocycles. The van der Waals surface area contributed by atoms with Crippen LogP contribution in [0.15, 0.2) is 18.2 Å². The Bertz CT molecular complexity index is 320. The summed E-state index contributed by atoms with van der Waals surface area (Å²) < 4.78 is 0. The first-order chi connectivity index (χ1) is 7.00. The van der Waals surface area contributed by atoms with Crippen molar-refractivity contribution in [1.29, 1.82) is 0 Å². The Kier molecular flexibility index (Phi) is 4.46. The quantitative estimate of drug-likeness (QED) is 0.796. The van der Waals surface area contributed by atoms with E-state index < -0.39 is 0 Å². The van der Waals surface area contributed by atoms with E-state index in [0.29, 0.717) is 12.0 Å². The van der Waals surface area contributed by atoms with Gasteiger partial charge in [0.25, 0.3) is 0 Å². The monoisotopic (exact) mass is 225 g/mol. The molecule has 84 valence electrons. The summed E-state index contributed by atoms with van der Waals surface area (Å²) in [4.78, 5) is 0. The Morgan fingerprint density at radius 1 is 1.27 bits per heavy atom. The fraction of sp³-hybridized carbons (Fsp3) is 0.538. The fourth-order valence-electron chi connectivity index (χ4n) is 1.80. The van der Waals surface area contributed by atoms with Gasteiger partial charge in [0.15, 0.2) is 0 Å². The largest absolute Gasteiger partial charge is 0.382 e. The minimum Gasteiger partial charge on any atom is -0.382 e. The summed E-state index contributed by atoms with van der Waals surface area (Å²) >= 11 is 6.06. The molecule has 1 aromatic rings. The molecule has 1 N–H and O–H groups in total. The van der Waals surface area contributed by atoms with Gasteiger partial charge in [-0.05, 0) is 43.9 Å². The molecule has 1 rings (SSSR count). The van der Waals surface area contributed by atoms with Crippen LogP contribution in [0.4, 0.5) is 5.69 Å². The van der Waals surface area contributed by atoms with Crippen molar-refractivity contribution in [2.24, 2.45) is 5.92 Å². The fourth-order valence-corrected chi connectivity index (χ4v) is 1.97. The molecule has 1 aromatic carbocycles. The Balaban J connectivity index is 2.68. The maximum Gasteiger partial charge on any atom is 0.0455 e. The smallest absolute Gasteiger partial charge is 0.0455 e. The van der Waals surface area contributed by atoms with Gasteiger partial charge < -0.3 is 5.32 Å². The average molecular weight is 226 g/mol. The van der Waals surface area contributed by atoms with Crippen molar-refractivity contribution in [1.82, 2.24) is 0 Å². The highest BCUT2D eigenvalue weighted by Crippen LogP contribution is 2.24. The standard InChI is InChI=1S/C13H20ClN/c1-9(2)8-10(3)15-13-7-5-6-12(14)11(13)4/h5-7,9-10,15H,8H2,1-4H3. The van der Waals surface area contributed by atoms with Crippen LogP contribution >= 0.6 is 11.6 Å². The van der Waals surface area contributed by atoms with Gasteiger partial charge in [-0.1, -0.05) is 31.5 Å². The summed E-state index contributed by atoms with van der Waals surface area (Å²) in [5, 5.41) is 4.33. The van der Waals surface area contributed by atoms with E-state index in [4.69, 9.17) is 11.6 Å². The maximum atomic E-state index is 6.06. The predicted molar refractivity (Wildman–Crippen MR) is 68.7 cm³/mol. The van der Waals surface area contributed by atoms with Gasteiger partial charge in [-0.2, -0.15) is 0 Å². The van der Waals surface area contributed by atoms with Crippen molar-refractivity contribution in [2.75, 3.05) is 5.32 Å². The number of benzene rings is 1. The third kappa shape index (κ3) is 3.75. The summed E-state index contributed by atoms with van der Waals surface area (Å²) in [6.07, 6.45) is 1.17. The molecule has 15 heavy (non-hydrogen) atoms. The number of halogens is 1. The van der Waals surface area contributed by atoms with E-state index in [0.717, 1.165) is 16.3 Å². The third-order valence-electron chi connectivity index (χ3n) is 2.49. The second-order valence-electron chi connectivity index (χ2n) is 4.59. The molecule has 0 fully saturated rings. The van der Waals surface area contributed by atoms with E-state index in [2.05, 4.69) is 32.2 Å². The first kappa shape index (κ1) is 12.4. The third-order valence-corrected chi connectivity index (χ3v) is 2.90. The molecule has 1 unspecified atom stereocenters. The van der Waals surface area contributed by atoms with Crippen LogP contribution in [0.2, 0.25) is 5.02 Å². The summed E-state index contributed by atoms with van der Waals surface area (Å²) in [5.74, 6) is 0.715. The zero-order chi connectivity index (χ0) is 11.4. The van der Waals surface area contributed by atoms with Gasteiger partial charge in [-0.3, -0.25) is 0 Å². The highest BCUT2D eigenvalue weighted by atomic mass is 35.5. The number of rotatable bonds is 4. The number of hydrogen-bond donors (Lipinski definition) is 1. The van der Waals surface area contributed by atoms with E-state index in [1.165, 1.54) is 6.42 Å². The Morgan fingerprint density at radius 3 is 2.53 bits per heavy atom. The molecule has 0 amide bonds. The summed E-state index contributed by atoms with van der Waals surface area (Å²) in [6, 6.07) is 6.48. The zero-order valence-electron chi connectivity index (χ0n) is 9.97. The molecule has 0 aromatic heterocycles. The molecule has 0 aliphatic rings. The van der Waals surface area contributed by atoms with Crippen LogP contribution < -0.4 is 5.32 Å². The van der Waals surface area contributed by atoms with Crippen LogP contribution in [0.3, 0.4) is 0 Å². The normalized spacial score (nSPS) is 12.9. The second kappa shape index (κ2) is 5.41. The SMILES string of the molecule is Cc1c(Cl)cccc1NC(C)CC(C)C. The van der Waals surface area contributed by atoms with Gasteiger partial charge in [0.1, 0.15) is 0 Å². The predicted octanol–water partition coefficient (Wildman–Crippen LogP) is 4.49. The van der Waals surface area contributed by atoms with Crippen LogP contribution in [0.25, 0.3) is 0 Å². The Labute approximate surface area is 97.8 Å².